The summed E-state index contributed by atoms with van der Waals surface area (Å²) in [4.78, 5) is 22.3. The van der Waals surface area contributed by atoms with E-state index in [1.807, 2.05) is 0 Å². The van der Waals surface area contributed by atoms with Crippen LogP contribution in [0, 0.1) is 0 Å². The summed E-state index contributed by atoms with van der Waals surface area (Å²) < 4.78 is 22.8. The molecule has 8 nitrogen and oxygen atoms in total. The fourth-order valence-corrected chi connectivity index (χ4v) is 3.53. The number of hydrogen-bond acceptors (Lipinski definition) is 5. The number of aliphatic hydroxyl groups excluding tert-OH is 1. The lowest BCUT2D eigenvalue weighted by atomic mass is 10.2. The van der Waals surface area contributed by atoms with E-state index in [4.69, 9.17) is 5.11 Å². The number of nitrogens with one attached hydrogen (secondary N) is 2. The van der Waals surface area contributed by atoms with Gasteiger partial charge in [0.25, 0.3) is 0 Å². The molecule has 0 aromatic heterocycles. The Kier molecular flexibility index (Phi) is 5.12. The number of urea groups is 1. The van der Waals surface area contributed by atoms with Crippen molar-refractivity contribution in [1.29, 1.82) is 0 Å². The standard InChI is InChI=1S/C10H18N2O6S/c1-6(13)8(9(14)15)12-10(16)11-7-3-2-4-19(17,18)5-7/h6-8,13H,2-5H2,1H3,(H,14,15)(H2,11,12,16)/t6-,7?,8+/m1/s1. The second-order valence-electron chi connectivity index (χ2n) is 4.63. The van der Waals surface area contributed by atoms with Gasteiger partial charge in [0, 0.05) is 6.04 Å². The summed E-state index contributed by atoms with van der Waals surface area (Å²) in [5, 5.41) is 22.5. The average Bonchev–Trinajstić information content (AvgIpc) is 2.23. The number of hydrogen-bond donors (Lipinski definition) is 4. The largest absolute Gasteiger partial charge is 0.480 e. The smallest absolute Gasteiger partial charge is 0.328 e. The highest BCUT2D eigenvalue weighted by Crippen LogP contribution is 2.11. The lowest BCUT2D eigenvalue weighted by molar-refractivity contribution is -0.141. The fourth-order valence-electron chi connectivity index (χ4n) is 1.89. The first-order valence-electron chi connectivity index (χ1n) is 5.89. The Balaban J connectivity index is 2.53. The van der Waals surface area contributed by atoms with Gasteiger partial charge in [0.2, 0.25) is 0 Å². The van der Waals surface area contributed by atoms with Crippen molar-refractivity contribution in [2.75, 3.05) is 11.5 Å². The van der Waals surface area contributed by atoms with E-state index in [0.29, 0.717) is 12.8 Å². The van der Waals surface area contributed by atoms with Crippen LogP contribution in [0.1, 0.15) is 19.8 Å². The van der Waals surface area contributed by atoms with E-state index in [0.717, 1.165) is 0 Å². The van der Waals surface area contributed by atoms with Gasteiger partial charge in [-0.2, -0.15) is 0 Å². The molecule has 1 rings (SSSR count). The maximum atomic E-state index is 11.6. The molecule has 2 amide bonds. The van der Waals surface area contributed by atoms with Gasteiger partial charge in [-0.25, -0.2) is 18.0 Å². The number of carboxylic acid groups (broad SMARTS) is 1. The maximum Gasteiger partial charge on any atom is 0.328 e. The first-order chi connectivity index (χ1) is 8.71. The predicted octanol–water partition coefficient (Wildman–Crippen LogP) is -1.30. The Morgan fingerprint density at radius 1 is 1.37 bits per heavy atom. The van der Waals surface area contributed by atoms with Crippen LogP contribution in [0.3, 0.4) is 0 Å². The van der Waals surface area contributed by atoms with Crippen LogP contribution in [0.2, 0.25) is 0 Å². The number of sulfone groups is 1. The molecule has 1 aliphatic heterocycles. The molecule has 1 saturated heterocycles. The Bertz CT molecular complexity index is 447. The second-order valence-corrected chi connectivity index (χ2v) is 6.86. The summed E-state index contributed by atoms with van der Waals surface area (Å²) in [5.41, 5.74) is 0. The molecule has 3 atom stereocenters. The highest BCUT2D eigenvalue weighted by atomic mass is 32.2. The third-order valence-electron chi connectivity index (χ3n) is 2.83. The van der Waals surface area contributed by atoms with Gasteiger partial charge in [0.05, 0.1) is 17.6 Å². The van der Waals surface area contributed by atoms with Crippen LogP contribution in [0.5, 0.6) is 0 Å². The predicted molar refractivity (Wildman–Crippen MR) is 66.4 cm³/mol. The molecule has 4 N–H and O–H groups in total. The van der Waals surface area contributed by atoms with E-state index >= 15 is 0 Å². The van der Waals surface area contributed by atoms with Crippen molar-refractivity contribution in [2.45, 2.75) is 38.0 Å². The molecule has 0 aromatic carbocycles. The fraction of sp³-hybridized carbons (Fsp3) is 0.800. The van der Waals surface area contributed by atoms with Gasteiger partial charge in [-0.05, 0) is 19.8 Å². The van der Waals surface area contributed by atoms with Crippen LogP contribution in [0.25, 0.3) is 0 Å². The summed E-state index contributed by atoms with van der Waals surface area (Å²) in [6, 6.07) is -2.75. The van der Waals surface area contributed by atoms with Crippen molar-refractivity contribution in [2.24, 2.45) is 0 Å². The van der Waals surface area contributed by atoms with Crippen molar-refractivity contribution in [3.8, 4) is 0 Å². The van der Waals surface area contributed by atoms with Gasteiger partial charge in [-0.15, -0.1) is 0 Å². The minimum atomic E-state index is -3.15. The van der Waals surface area contributed by atoms with Gasteiger partial charge < -0.3 is 20.8 Å². The van der Waals surface area contributed by atoms with Crippen LogP contribution in [-0.4, -0.2) is 60.3 Å². The van der Waals surface area contributed by atoms with E-state index in [9.17, 15) is 23.1 Å². The zero-order valence-corrected chi connectivity index (χ0v) is 11.3. The van der Waals surface area contributed by atoms with Crippen LogP contribution >= 0.6 is 0 Å². The number of carboxylic acids is 1. The number of rotatable bonds is 4. The van der Waals surface area contributed by atoms with E-state index in [1.54, 1.807) is 0 Å². The zero-order chi connectivity index (χ0) is 14.6. The van der Waals surface area contributed by atoms with E-state index in [1.165, 1.54) is 6.92 Å². The van der Waals surface area contributed by atoms with Crippen molar-refractivity contribution >= 4 is 21.8 Å². The number of aliphatic hydroxyl groups is 1. The molecular formula is C10H18N2O6S. The van der Waals surface area contributed by atoms with Crippen molar-refractivity contribution < 1.29 is 28.2 Å². The van der Waals surface area contributed by atoms with Crippen molar-refractivity contribution in [1.82, 2.24) is 10.6 Å². The summed E-state index contributed by atoms with van der Waals surface area (Å²) in [6.45, 7) is 1.24. The normalized spacial score (nSPS) is 25.1. The molecule has 1 unspecified atom stereocenters. The highest BCUT2D eigenvalue weighted by molar-refractivity contribution is 7.91. The Labute approximate surface area is 111 Å². The quantitative estimate of drug-likeness (QED) is 0.509. The Morgan fingerprint density at radius 3 is 2.47 bits per heavy atom. The van der Waals surface area contributed by atoms with Gasteiger partial charge >= 0.3 is 12.0 Å². The SMILES string of the molecule is C[C@@H](O)[C@H](NC(=O)NC1CCCS(=O)(=O)C1)C(=O)O. The Morgan fingerprint density at radius 2 is 2.00 bits per heavy atom. The summed E-state index contributed by atoms with van der Waals surface area (Å²) >= 11 is 0. The van der Waals surface area contributed by atoms with Gasteiger partial charge in [0.1, 0.15) is 0 Å². The average molecular weight is 294 g/mol. The topological polar surface area (TPSA) is 133 Å². The minimum Gasteiger partial charge on any atom is -0.480 e. The molecule has 110 valence electrons. The summed E-state index contributed by atoms with van der Waals surface area (Å²) in [5.74, 6) is -1.40. The number of carbonyl (C=O) groups is 2. The second kappa shape index (κ2) is 6.20. The Hall–Kier alpha value is -1.35. The van der Waals surface area contributed by atoms with Gasteiger partial charge in [-0.3, -0.25) is 0 Å². The molecule has 0 aliphatic carbocycles. The van der Waals surface area contributed by atoms with Crippen LogP contribution in [0.15, 0.2) is 0 Å². The molecule has 9 heteroatoms. The molecule has 0 spiro atoms. The molecule has 0 saturated carbocycles. The molecule has 1 heterocycles. The first-order valence-corrected chi connectivity index (χ1v) is 7.72. The zero-order valence-electron chi connectivity index (χ0n) is 10.5. The molecular weight excluding hydrogens is 276 g/mol. The van der Waals surface area contributed by atoms with E-state index in [2.05, 4.69) is 10.6 Å². The third-order valence-corrected chi connectivity index (χ3v) is 4.65. The van der Waals surface area contributed by atoms with Gasteiger partial charge in [0.15, 0.2) is 15.9 Å². The van der Waals surface area contributed by atoms with Gasteiger partial charge in [-0.1, -0.05) is 0 Å². The lowest BCUT2D eigenvalue weighted by Gasteiger charge is -2.24. The van der Waals surface area contributed by atoms with Crippen LogP contribution in [0.4, 0.5) is 4.79 Å². The molecule has 1 fully saturated rings. The third kappa shape index (κ3) is 5.03. The maximum absolute atomic E-state index is 11.6. The minimum absolute atomic E-state index is 0.109. The number of carbonyl (C=O) groups excluding carboxylic acids is 1. The van der Waals surface area contributed by atoms with E-state index in [-0.39, 0.29) is 11.5 Å². The highest BCUT2D eigenvalue weighted by Gasteiger charge is 2.29. The molecule has 0 radical (unpaired) electrons. The molecule has 19 heavy (non-hydrogen) atoms. The molecule has 0 bridgehead atoms. The van der Waals surface area contributed by atoms with Crippen LogP contribution < -0.4 is 10.6 Å². The van der Waals surface area contributed by atoms with E-state index < -0.39 is 40.0 Å². The molecule has 1 aliphatic rings. The monoisotopic (exact) mass is 294 g/mol. The van der Waals surface area contributed by atoms with Crippen LogP contribution in [-0.2, 0) is 14.6 Å². The summed E-state index contributed by atoms with van der Waals surface area (Å²) in [7, 11) is -3.15. The summed E-state index contributed by atoms with van der Waals surface area (Å²) in [6.07, 6.45) is -0.260. The number of aliphatic carboxylic acids is 1. The number of amides is 2. The molecule has 0 aromatic rings. The lowest BCUT2D eigenvalue weighted by Crippen LogP contribution is -2.54. The van der Waals surface area contributed by atoms with Crippen molar-refractivity contribution in [3.63, 3.8) is 0 Å². The van der Waals surface area contributed by atoms with Crippen molar-refractivity contribution in [3.05, 3.63) is 0 Å². The first kappa shape index (κ1) is 15.7.